The molecular weight excluding hydrogens is 250 g/mol. The predicted octanol–water partition coefficient (Wildman–Crippen LogP) is 2.16. The fourth-order valence-electron chi connectivity index (χ4n) is 2.53. The predicted molar refractivity (Wildman–Crippen MR) is 80.2 cm³/mol. The van der Waals surface area contributed by atoms with Crippen molar-refractivity contribution in [3.05, 3.63) is 30.1 Å². The van der Waals surface area contributed by atoms with Gasteiger partial charge in [0.15, 0.2) is 0 Å². The van der Waals surface area contributed by atoms with Crippen molar-refractivity contribution in [3.63, 3.8) is 0 Å². The second-order valence-electron chi connectivity index (χ2n) is 6.49. The molecule has 0 aromatic carbocycles. The molecule has 0 radical (unpaired) electrons. The van der Waals surface area contributed by atoms with Crippen molar-refractivity contribution in [1.82, 2.24) is 14.8 Å². The zero-order valence-corrected chi connectivity index (χ0v) is 12.8. The van der Waals surface area contributed by atoms with Gasteiger partial charge in [-0.15, -0.1) is 0 Å². The quantitative estimate of drug-likeness (QED) is 0.830. The molecule has 0 unspecified atom stereocenters. The average molecular weight is 275 g/mol. The summed E-state index contributed by atoms with van der Waals surface area (Å²) in [7, 11) is 0. The van der Waals surface area contributed by atoms with Crippen LogP contribution in [-0.4, -0.2) is 46.9 Å². The second-order valence-corrected chi connectivity index (χ2v) is 6.49. The fourth-order valence-corrected chi connectivity index (χ4v) is 2.53. The number of hydrogen-bond donors (Lipinski definition) is 0. The van der Waals surface area contributed by atoms with E-state index in [4.69, 9.17) is 0 Å². The molecular formula is C16H25N3O. The van der Waals surface area contributed by atoms with E-state index in [1.165, 1.54) is 0 Å². The molecule has 0 N–H and O–H groups in total. The lowest BCUT2D eigenvalue weighted by Gasteiger charge is -2.28. The van der Waals surface area contributed by atoms with Crippen molar-refractivity contribution >= 4 is 5.91 Å². The number of aromatic nitrogens is 1. The third kappa shape index (κ3) is 4.04. The van der Waals surface area contributed by atoms with Crippen molar-refractivity contribution in [2.75, 3.05) is 26.2 Å². The molecule has 1 aliphatic heterocycles. The van der Waals surface area contributed by atoms with Gasteiger partial charge < -0.3 is 4.90 Å². The van der Waals surface area contributed by atoms with Gasteiger partial charge in [0, 0.05) is 44.3 Å². The Hall–Kier alpha value is -1.42. The molecule has 1 amide bonds. The Balaban J connectivity index is 1.91. The molecule has 1 aliphatic rings. The van der Waals surface area contributed by atoms with Crippen LogP contribution in [0.3, 0.4) is 0 Å². The van der Waals surface area contributed by atoms with Crippen LogP contribution in [0, 0.1) is 5.41 Å². The summed E-state index contributed by atoms with van der Waals surface area (Å²) in [5.41, 5.74) is 0.818. The smallest absolute Gasteiger partial charge is 0.227 e. The van der Waals surface area contributed by atoms with E-state index in [1.807, 2.05) is 44.0 Å². The molecule has 0 bridgehead atoms. The van der Waals surface area contributed by atoms with Crippen LogP contribution in [0.1, 0.15) is 32.9 Å². The highest BCUT2D eigenvalue weighted by molar-refractivity contribution is 5.81. The van der Waals surface area contributed by atoms with Gasteiger partial charge in [-0.2, -0.15) is 0 Å². The normalized spacial score (nSPS) is 17.9. The lowest BCUT2D eigenvalue weighted by molar-refractivity contribution is -0.139. The monoisotopic (exact) mass is 275 g/mol. The van der Waals surface area contributed by atoms with Gasteiger partial charge in [0.2, 0.25) is 5.91 Å². The molecule has 4 nitrogen and oxygen atoms in total. The topological polar surface area (TPSA) is 36.4 Å². The van der Waals surface area contributed by atoms with Gasteiger partial charge in [-0.05, 0) is 18.6 Å². The van der Waals surface area contributed by atoms with E-state index in [0.717, 1.165) is 44.8 Å². The molecule has 20 heavy (non-hydrogen) atoms. The second kappa shape index (κ2) is 6.35. The third-order valence-corrected chi connectivity index (χ3v) is 3.63. The Labute approximate surface area is 121 Å². The van der Waals surface area contributed by atoms with Gasteiger partial charge in [-0.1, -0.05) is 26.8 Å². The van der Waals surface area contributed by atoms with Crippen LogP contribution in [0.4, 0.5) is 0 Å². The summed E-state index contributed by atoms with van der Waals surface area (Å²) in [6.45, 7) is 10.5. The van der Waals surface area contributed by atoms with Gasteiger partial charge in [0.05, 0.1) is 5.69 Å². The molecule has 0 aliphatic carbocycles. The van der Waals surface area contributed by atoms with E-state index in [9.17, 15) is 4.79 Å². The maximum absolute atomic E-state index is 12.3. The van der Waals surface area contributed by atoms with Crippen LogP contribution in [0.2, 0.25) is 0 Å². The molecule has 1 aromatic rings. The van der Waals surface area contributed by atoms with Crippen molar-refractivity contribution in [2.45, 2.75) is 33.7 Å². The summed E-state index contributed by atoms with van der Waals surface area (Å²) in [6.07, 6.45) is 2.87. The van der Waals surface area contributed by atoms with Crippen molar-refractivity contribution in [3.8, 4) is 0 Å². The highest BCUT2D eigenvalue weighted by Crippen LogP contribution is 2.19. The zero-order chi connectivity index (χ0) is 14.6. The number of amides is 1. The van der Waals surface area contributed by atoms with Gasteiger partial charge in [0.25, 0.3) is 0 Å². The fraction of sp³-hybridized carbons (Fsp3) is 0.625. The highest BCUT2D eigenvalue weighted by atomic mass is 16.2. The van der Waals surface area contributed by atoms with Crippen LogP contribution in [0.25, 0.3) is 0 Å². The third-order valence-electron chi connectivity index (χ3n) is 3.63. The van der Waals surface area contributed by atoms with E-state index in [1.54, 1.807) is 0 Å². The molecule has 2 heterocycles. The van der Waals surface area contributed by atoms with Crippen LogP contribution in [0.5, 0.6) is 0 Å². The summed E-state index contributed by atoms with van der Waals surface area (Å²) >= 11 is 0. The maximum atomic E-state index is 12.3. The van der Waals surface area contributed by atoms with Gasteiger partial charge >= 0.3 is 0 Å². The number of rotatable bonds is 2. The number of nitrogens with zero attached hydrogens (tertiary/aromatic N) is 3. The van der Waals surface area contributed by atoms with E-state index in [0.29, 0.717) is 0 Å². The van der Waals surface area contributed by atoms with Gasteiger partial charge in [-0.25, -0.2) is 0 Å². The van der Waals surface area contributed by atoms with E-state index >= 15 is 0 Å². The Morgan fingerprint density at radius 3 is 2.65 bits per heavy atom. The zero-order valence-electron chi connectivity index (χ0n) is 12.8. The molecule has 1 saturated heterocycles. The van der Waals surface area contributed by atoms with Crippen molar-refractivity contribution in [2.24, 2.45) is 5.41 Å². The van der Waals surface area contributed by atoms with Crippen LogP contribution < -0.4 is 0 Å². The Bertz CT molecular complexity index is 439. The van der Waals surface area contributed by atoms with Crippen LogP contribution >= 0.6 is 0 Å². The first kappa shape index (κ1) is 15.0. The lowest BCUT2D eigenvalue weighted by atomic mass is 9.94. The summed E-state index contributed by atoms with van der Waals surface area (Å²) < 4.78 is 0. The summed E-state index contributed by atoms with van der Waals surface area (Å²) in [5.74, 6) is 0.261. The van der Waals surface area contributed by atoms with Crippen LogP contribution in [0.15, 0.2) is 24.4 Å². The minimum absolute atomic E-state index is 0.261. The minimum atomic E-state index is -0.282. The van der Waals surface area contributed by atoms with E-state index in [-0.39, 0.29) is 11.3 Å². The van der Waals surface area contributed by atoms with Gasteiger partial charge in [0.1, 0.15) is 0 Å². The molecule has 1 aromatic heterocycles. The molecule has 0 atom stereocenters. The van der Waals surface area contributed by atoms with Crippen LogP contribution in [-0.2, 0) is 11.3 Å². The SMILES string of the molecule is CC(C)(C)C(=O)N1CCCN(Cc2ccccn2)CC1. The van der Waals surface area contributed by atoms with Gasteiger partial charge in [-0.3, -0.25) is 14.7 Å². The first-order valence-electron chi connectivity index (χ1n) is 7.38. The molecule has 4 heteroatoms. The Kier molecular flexibility index (Phi) is 4.76. The molecule has 0 saturated carbocycles. The average Bonchev–Trinajstić information content (AvgIpc) is 2.63. The minimum Gasteiger partial charge on any atom is -0.341 e. The van der Waals surface area contributed by atoms with E-state index < -0.39 is 0 Å². The number of carbonyl (C=O) groups excluding carboxylic acids is 1. The Morgan fingerprint density at radius 1 is 1.20 bits per heavy atom. The molecule has 110 valence electrons. The summed E-state index contributed by atoms with van der Waals surface area (Å²) in [5, 5.41) is 0. The number of hydrogen-bond acceptors (Lipinski definition) is 3. The molecule has 2 rings (SSSR count). The summed E-state index contributed by atoms with van der Waals surface area (Å²) in [6, 6.07) is 6.02. The Morgan fingerprint density at radius 2 is 2.00 bits per heavy atom. The van der Waals surface area contributed by atoms with E-state index in [2.05, 4.69) is 16.0 Å². The largest absolute Gasteiger partial charge is 0.341 e. The first-order valence-corrected chi connectivity index (χ1v) is 7.38. The lowest BCUT2D eigenvalue weighted by Crippen LogP contribution is -2.41. The molecule has 1 fully saturated rings. The summed E-state index contributed by atoms with van der Waals surface area (Å²) in [4.78, 5) is 21.1. The first-order chi connectivity index (χ1) is 9.47. The maximum Gasteiger partial charge on any atom is 0.227 e. The standard InChI is InChI=1S/C16H25N3O/c1-16(2,3)15(20)19-10-6-9-18(11-12-19)13-14-7-4-5-8-17-14/h4-5,7-8H,6,9-13H2,1-3H3. The van der Waals surface area contributed by atoms with Crippen molar-refractivity contribution < 1.29 is 4.79 Å². The highest BCUT2D eigenvalue weighted by Gasteiger charge is 2.28. The number of carbonyl (C=O) groups is 1. The molecule has 0 spiro atoms. The van der Waals surface area contributed by atoms with Crippen molar-refractivity contribution in [1.29, 1.82) is 0 Å². The number of pyridine rings is 1.